The molecule has 25 heavy (non-hydrogen) atoms. The third-order valence-corrected chi connectivity index (χ3v) is 5.09. The summed E-state index contributed by atoms with van der Waals surface area (Å²) < 4.78 is 0. The summed E-state index contributed by atoms with van der Waals surface area (Å²) in [5, 5.41) is 6.09. The molecule has 1 heterocycles. The Morgan fingerprint density at radius 1 is 1.28 bits per heavy atom. The summed E-state index contributed by atoms with van der Waals surface area (Å²) in [7, 11) is 0. The number of hydrogen-bond acceptors (Lipinski definition) is 3. The van der Waals surface area contributed by atoms with Gasteiger partial charge in [0.2, 0.25) is 5.91 Å². The second-order valence-corrected chi connectivity index (χ2v) is 7.48. The highest BCUT2D eigenvalue weighted by Crippen LogP contribution is 2.21. The third-order valence-electron chi connectivity index (χ3n) is 5.09. The largest absolute Gasteiger partial charge is 0.349 e. The molecule has 1 fully saturated rings. The van der Waals surface area contributed by atoms with Gasteiger partial charge < -0.3 is 21.3 Å². The molecule has 0 aliphatic carbocycles. The van der Waals surface area contributed by atoms with Gasteiger partial charge in [-0.3, -0.25) is 4.79 Å². The van der Waals surface area contributed by atoms with Crippen LogP contribution in [0, 0.1) is 11.8 Å². The quantitative estimate of drug-likeness (QED) is 0.608. The van der Waals surface area contributed by atoms with Gasteiger partial charge in [-0.2, -0.15) is 0 Å². The topological polar surface area (TPSA) is 87.5 Å². The molecule has 0 aromatic carbocycles. The molecule has 1 aliphatic heterocycles. The molecule has 7 heteroatoms. The summed E-state index contributed by atoms with van der Waals surface area (Å²) in [6.07, 6.45) is 4.09. The first-order valence-corrected chi connectivity index (χ1v) is 9.39. The molecule has 1 atom stereocenters. The van der Waals surface area contributed by atoms with E-state index in [0.29, 0.717) is 32.0 Å². The molecule has 0 saturated carbocycles. The van der Waals surface area contributed by atoms with E-state index in [1.54, 1.807) is 0 Å². The minimum atomic E-state index is -0.292. The number of carbonyl (C=O) groups excluding carboxylic acids is 2. The summed E-state index contributed by atoms with van der Waals surface area (Å²) in [6.45, 7) is 10.8. The third kappa shape index (κ3) is 7.82. The number of piperidine rings is 1. The van der Waals surface area contributed by atoms with Crippen LogP contribution in [0.4, 0.5) is 4.79 Å². The Morgan fingerprint density at radius 2 is 1.92 bits per heavy atom. The van der Waals surface area contributed by atoms with E-state index in [1.165, 1.54) is 0 Å². The lowest BCUT2D eigenvalue weighted by Gasteiger charge is -2.35. The molecule has 0 bridgehead atoms. The van der Waals surface area contributed by atoms with Crippen molar-refractivity contribution in [3.63, 3.8) is 0 Å². The summed E-state index contributed by atoms with van der Waals surface area (Å²) >= 11 is 0. The monoisotopic (exact) mass is 376 g/mol. The molecule has 4 N–H and O–H groups in total. The Morgan fingerprint density at radius 3 is 2.44 bits per heavy atom. The SMILES string of the molecule is CCC(CC)(CN)NC(=O)CC1CCCN(C(=O)NCC(C)C)C1.Cl. The zero-order valence-corrected chi connectivity index (χ0v) is 17.1. The fourth-order valence-electron chi connectivity index (χ4n) is 3.19. The Labute approximate surface area is 159 Å². The summed E-state index contributed by atoms with van der Waals surface area (Å²) in [6, 6.07) is -0.00719. The van der Waals surface area contributed by atoms with Crippen LogP contribution < -0.4 is 16.4 Å². The fraction of sp³-hybridized carbons (Fsp3) is 0.889. The molecule has 0 radical (unpaired) electrons. The lowest BCUT2D eigenvalue weighted by atomic mass is 9.90. The van der Waals surface area contributed by atoms with Gasteiger partial charge in [0.25, 0.3) is 0 Å². The van der Waals surface area contributed by atoms with Crippen molar-refractivity contribution in [2.24, 2.45) is 17.6 Å². The molecule has 148 valence electrons. The first-order chi connectivity index (χ1) is 11.4. The van der Waals surface area contributed by atoms with Gasteiger partial charge in [-0.15, -0.1) is 12.4 Å². The number of nitrogens with two attached hydrogens (primary N) is 1. The van der Waals surface area contributed by atoms with Crippen molar-refractivity contribution in [1.82, 2.24) is 15.5 Å². The van der Waals surface area contributed by atoms with Crippen LogP contribution in [-0.4, -0.2) is 48.6 Å². The summed E-state index contributed by atoms with van der Waals surface area (Å²) in [4.78, 5) is 26.5. The lowest BCUT2D eigenvalue weighted by Crippen LogP contribution is -2.53. The van der Waals surface area contributed by atoms with E-state index < -0.39 is 0 Å². The van der Waals surface area contributed by atoms with Crippen LogP contribution in [0.15, 0.2) is 0 Å². The average molecular weight is 377 g/mol. The highest BCUT2D eigenvalue weighted by molar-refractivity contribution is 5.85. The van der Waals surface area contributed by atoms with Gasteiger partial charge >= 0.3 is 6.03 Å². The number of nitrogens with zero attached hydrogens (tertiary/aromatic N) is 1. The standard InChI is InChI=1S/C18H36N4O2.ClH/c1-5-18(6-2,13-19)21-16(23)10-15-8-7-9-22(12-15)17(24)20-11-14(3)4;/h14-15H,5-13,19H2,1-4H3,(H,20,24)(H,21,23);1H. The lowest BCUT2D eigenvalue weighted by molar-refractivity contribution is -0.124. The molecule has 0 spiro atoms. The van der Waals surface area contributed by atoms with Crippen LogP contribution in [0.1, 0.15) is 59.8 Å². The number of urea groups is 1. The van der Waals surface area contributed by atoms with Gasteiger partial charge in [0.05, 0.1) is 5.54 Å². The van der Waals surface area contributed by atoms with Gasteiger partial charge in [-0.25, -0.2) is 4.79 Å². The van der Waals surface area contributed by atoms with Crippen LogP contribution in [0.2, 0.25) is 0 Å². The molecular formula is C18H37ClN4O2. The first-order valence-electron chi connectivity index (χ1n) is 9.39. The number of likely N-dealkylation sites (tertiary alicyclic amines) is 1. The smallest absolute Gasteiger partial charge is 0.317 e. The highest BCUT2D eigenvalue weighted by atomic mass is 35.5. The first kappa shape index (κ1) is 24.0. The Balaban J connectivity index is 0.00000576. The molecule has 1 unspecified atom stereocenters. The average Bonchev–Trinajstić information content (AvgIpc) is 2.57. The highest BCUT2D eigenvalue weighted by Gasteiger charge is 2.29. The van der Waals surface area contributed by atoms with Crippen LogP contribution >= 0.6 is 12.4 Å². The fourth-order valence-corrected chi connectivity index (χ4v) is 3.19. The number of carbonyl (C=O) groups is 2. The number of rotatable bonds is 8. The van der Waals surface area contributed by atoms with Crippen LogP contribution in [-0.2, 0) is 4.79 Å². The van der Waals surface area contributed by atoms with E-state index >= 15 is 0 Å². The molecule has 0 aromatic rings. The van der Waals surface area contributed by atoms with Crippen molar-refractivity contribution in [3.05, 3.63) is 0 Å². The predicted molar refractivity (Wildman–Crippen MR) is 105 cm³/mol. The zero-order chi connectivity index (χ0) is 18.2. The van der Waals surface area contributed by atoms with Crippen molar-refractivity contribution in [2.75, 3.05) is 26.2 Å². The Hall–Kier alpha value is -1.01. The van der Waals surface area contributed by atoms with Crippen molar-refractivity contribution in [3.8, 4) is 0 Å². The van der Waals surface area contributed by atoms with Crippen molar-refractivity contribution in [1.29, 1.82) is 0 Å². The Kier molecular flexibility index (Phi) is 11.1. The maximum Gasteiger partial charge on any atom is 0.317 e. The van der Waals surface area contributed by atoms with E-state index in [0.717, 1.165) is 32.2 Å². The number of halogens is 1. The molecule has 1 saturated heterocycles. The number of amides is 3. The van der Waals surface area contributed by atoms with Crippen molar-refractivity contribution < 1.29 is 9.59 Å². The second-order valence-electron chi connectivity index (χ2n) is 7.48. The van der Waals surface area contributed by atoms with E-state index in [4.69, 9.17) is 5.73 Å². The van der Waals surface area contributed by atoms with E-state index in [9.17, 15) is 9.59 Å². The van der Waals surface area contributed by atoms with E-state index in [1.807, 2.05) is 4.90 Å². The second kappa shape index (κ2) is 11.6. The van der Waals surface area contributed by atoms with Crippen molar-refractivity contribution in [2.45, 2.75) is 65.3 Å². The number of hydrogen-bond donors (Lipinski definition) is 3. The summed E-state index contributed by atoms with van der Waals surface area (Å²) in [5.74, 6) is 0.721. The van der Waals surface area contributed by atoms with Crippen LogP contribution in [0.25, 0.3) is 0 Å². The molecule has 1 aliphatic rings. The molecular weight excluding hydrogens is 340 g/mol. The van der Waals surface area contributed by atoms with Gasteiger partial charge in [-0.05, 0) is 37.5 Å². The predicted octanol–water partition coefficient (Wildman–Crippen LogP) is 2.51. The van der Waals surface area contributed by atoms with Crippen LogP contribution in [0.3, 0.4) is 0 Å². The molecule has 6 nitrogen and oxygen atoms in total. The minimum absolute atomic E-state index is 0. The molecule has 0 aromatic heterocycles. The summed E-state index contributed by atoms with van der Waals surface area (Å²) in [5.41, 5.74) is 5.56. The van der Waals surface area contributed by atoms with Crippen molar-refractivity contribution >= 4 is 24.3 Å². The normalized spacial score (nSPS) is 17.8. The maximum atomic E-state index is 12.4. The number of nitrogens with one attached hydrogen (secondary N) is 2. The Bertz CT molecular complexity index is 406. The van der Waals surface area contributed by atoms with Crippen LogP contribution in [0.5, 0.6) is 0 Å². The van der Waals surface area contributed by atoms with Gasteiger partial charge in [0, 0.05) is 32.6 Å². The molecule has 1 rings (SSSR count). The maximum absolute atomic E-state index is 12.4. The van der Waals surface area contributed by atoms with Gasteiger partial charge in [0.1, 0.15) is 0 Å². The zero-order valence-electron chi connectivity index (χ0n) is 16.3. The van der Waals surface area contributed by atoms with Gasteiger partial charge in [0.15, 0.2) is 0 Å². The van der Waals surface area contributed by atoms with E-state index in [2.05, 4.69) is 38.3 Å². The minimum Gasteiger partial charge on any atom is -0.349 e. The van der Waals surface area contributed by atoms with Gasteiger partial charge in [-0.1, -0.05) is 27.7 Å². The van der Waals surface area contributed by atoms with E-state index in [-0.39, 0.29) is 35.8 Å². The molecule has 3 amide bonds.